The van der Waals surface area contributed by atoms with Crippen molar-refractivity contribution in [3.05, 3.63) is 53.6 Å². The molecule has 0 spiro atoms. The van der Waals surface area contributed by atoms with Crippen molar-refractivity contribution in [2.75, 3.05) is 6.61 Å². The molecule has 202 valence electrons. The summed E-state index contributed by atoms with van der Waals surface area (Å²) in [5.41, 5.74) is 1.65. The van der Waals surface area contributed by atoms with Crippen LogP contribution in [0.4, 0.5) is 0 Å². The van der Waals surface area contributed by atoms with Gasteiger partial charge in [0.2, 0.25) is 0 Å². The van der Waals surface area contributed by atoms with Crippen LogP contribution >= 0.6 is 0 Å². The molecule has 1 saturated carbocycles. The summed E-state index contributed by atoms with van der Waals surface area (Å²) in [5.74, 6) is 0.963. The van der Waals surface area contributed by atoms with E-state index in [0.29, 0.717) is 6.61 Å². The number of carbonyl (C=O) groups is 1. The first-order valence-electron chi connectivity index (χ1n) is 14.3. The highest BCUT2D eigenvalue weighted by Gasteiger charge is 2.42. The monoisotopic (exact) mass is 508 g/mol. The van der Waals surface area contributed by atoms with Crippen LogP contribution in [0.1, 0.15) is 114 Å². The van der Waals surface area contributed by atoms with Crippen LogP contribution in [0.2, 0.25) is 0 Å². The highest BCUT2D eigenvalue weighted by atomic mass is 16.5. The van der Waals surface area contributed by atoms with Crippen LogP contribution in [0.15, 0.2) is 42.5 Å². The van der Waals surface area contributed by atoms with E-state index in [4.69, 9.17) is 4.74 Å². The molecule has 4 rings (SSSR count). The minimum absolute atomic E-state index is 0.211. The molecule has 2 aromatic carbocycles. The Labute approximate surface area is 221 Å². The molecule has 0 radical (unpaired) electrons. The van der Waals surface area contributed by atoms with Crippen molar-refractivity contribution < 1.29 is 24.9 Å². The zero-order valence-electron chi connectivity index (χ0n) is 22.4. The van der Waals surface area contributed by atoms with E-state index in [1.54, 1.807) is 24.3 Å². The second-order valence-corrected chi connectivity index (χ2v) is 11.7. The standard InChI is InChI=1S/C32H44O5/c1-31(24-13-15-25(33)16-14-24)23-37-29-22-26(34)17-18-27(29)28(31)12-8-5-3-2-4-6-9-19-32(30(35)36)20-10-7-11-21-32/h13-18,22,28,33-34H,2-12,19-21,23H2,1H3,(H,35,36). The molecule has 37 heavy (non-hydrogen) atoms. The van der Waals surface area contributed by atoms with Gasteiger partial charge in [0.1, 0.15) is 17.2 Å². The van der Waals surface area contributed by atoms with Crippen molar-refractivity contribution in [3.8, 4) is 17.2 Å². The lowest BCUT2D eigenvalue weighted by Gasteiger charge is -2.43. The van der Waals surface area contributed by atoms with Gasteiger partial charge in [-0.25, -0.2) is 0 Å². The average Bonchev–Trinajstić information content (AvgIpc) is 2.89. The Hall–Kier alpha value is -2.69. The summed E-state index contributed by atoms with van der Waals surface area (Å²) in [4.78, 5) is 11.9. The normalized spacial score (nSPS) is 22.7. The summed E-state index contributed by atoms with van der Waals surface area (Å²) in [7, 11) is 0. The number of phenols is 2. The van der Waals surface area contributed by atoms with E-state index in [2.05, 4.69) is 6.92 Å². The lowest BCUT2D eigenvalue weighted by atomic mass is 9.66. The van der Waals surface area contributed by atoms with Gasteiger partial charge in [-0.1, -0.05) is 89.3 Å². The van der Waals surface area contributed by atoms with Crippen molar-refractivity contribution in [3.63, 3.8) is 0 Å². The predicted octanol–water partition coefficient (Wildman–Crippen LogP) is 8.08. The van der Waals surface area contributed by atoms with Crippen LogP contribution in [0.5, 0.6) is 17.2 Å². The van der Waals surface area contributed by atoms with Gasteiger partial charge in [0.15, 0.2) is 0 Å². The number of carboxylic acid groups (broad SMARTS) is 1. The van der Waals surface area contributed by atoms with Gasteiger partial charge >= 0.3 is 5.97 Å². The van der Waals surface area contributed by atoms with Gasteiger partial charge < -0.3 is 20.1 Å². The average molecular weight is 509 g/mol. The molecular weight excluding hydrogens is 464 g/mol. The first-order valence-corrected chi connectivity index (χ1v) is 14.3. The fraction of sp³-hybridized carbons (Fsp3) is 0.594. The van der Waals surface area contributed by atoms with Crippen molar-refractivity contribution in [2.45, 2.75) is 108 Å². The SMILES string of the molecule is CC1(c2ccc(O)cc2)COc2cc(O)ccc2C1CCCCCCCCCC1(C(=O)O)CCCCC1. The van der Waals surface area contributed by atoms with Crippen molar-refractivity contribution in [2.24, 2.45) is 5.41 Å². The molecule has 2 atom stereocenters. The van der Waals surface area contributed by atoms with E-state index < -0.39 is 11.4 Å². The smallest absolute Gasteiger partial charge is 0.309 e. The van der Waals surface area contributed by atoms with E-state index in [1.807, 2.05) is 18.2 Å². The molecule has 3 N–H and O–H groups in total. The third-order valence-corrected chi connectivity index (χ3v) is 9.11. The zero-order valence-corrected chi connectivity index (χ0v) is 22.4. The number of benzene rings is 2. The summed E-state index contributed by atoms with van der Waals surface area (Å²) < 4.78 is 6.12. The molecule has 2 aromatic rings. The van der Waals surface area contributed by atoms with E-state index in [-0.39, 0.29) is 22.8 Å². The number of fused-ring (bicyclic) bond motifs is 1. The first kappa shape index (κ1) is 27.3. The summed E-state index contributed by atoms with van der Waals surface area (Å²) >= 11 is 0. The van der Waals surface area contributed by atoms with E-state index in [1.165, 1.54) is 32.1 Å². The number of rotatable bonds is 12. The van der Waals surface area contributed by atoms with Crippen molar-refractivity contribution in [1.29, 1.82) is 0 Å². The van der Waals surface area contributed by atoms with Gasteiger partial charge in [-0.3, -0.25) is 4.79 Å². The molecule has 0 bridgehead atoms. The highest BCUT2D eigenvalue weighted by Crippen LogP contribution is 2.50. The maximum absolute atomic E-state index is 11.9. The van der Waals surface area contributed by atoms with Gasteiger partial charge in [0.05, 0.1) is 12.0 Å². The van der Waals surface area contributed by atoms with Gasteiger partial charge in [0.25, 0.3) is 0 Å². The third kappa shape index (κ3) is 6.42. The van der Waals surface area contributed by atoms with E-state index in [0.717, 1.165) is 74.7 Å². The second-order valence-electron chi connectivity index (χ2n) is 11.7. The molecule has 0 saturated heterocycles. The lowest BCUT2D eigenvalue weighted by Crippen LogP contribution is -2.40. The van der Waals surface area contributed by atoms with Crippen LogP contribution in [0.25, 0.3) is 0 Å². The molecule has 2 unspecified atom stereocenters. The summed E-state index contributed by atoms with van der Waals surface area (Å²) in [6.07, 6.45) is 15.0. The molecule has 0 aromatic heterocycles. The van der Waals surface area contributed by atoms with Crippen LogP contribution < -0.4 is 4.74 Å². The van der Waals surface area contributed by atoms with E-state index in [9.17, 15) is 20.1 Å². The van der Waals surface area contributed by atoms with Crippen LogP contribution in [-0.2, 0) is 10.2 Å². The molecule has 1 aliphatic carbocycles. The summed E-state index contributed by atoms with van der Waals surface area (Å²) in [6.45, 7) is 2.78. The minimum Gasteiger partial charge on any atom is -0.508 e. The Kier molecular flexibility index (Phi) is 9.04. The molecular formula is C32H44O5. The maximum Gasteiger partial charge on any atom is 0.309 e. The topological polar surface area (TPSA) is 87.0 Å². The Morgan fingerprint density at radius 1 is 0.865 bits per heavy atom. The van der Waals surface area contributed by atoms with Gasteiger partial charge in [-0.2, -0.15) is 0 Å². The molecule has 2 aliphatic rings. The largest absolute Gasteiger partial charge is 0.508 e. The Morgan fingerprint density at radius 2 is 1.49 bits per heavy atom. The Morgan fingerprint density at radius 3 is 2.16 bits per heavy atom. The fourth-order valence-corrected chi connectivity index (χ4v) is 6.70. The van der Waals surface area contributed by atoms with Gasteiger partial charge in [-0.15, -0.1) is 0 Å². The number of phenolic OH excluding ortho intramolecular Hbond substituents is 2. The summed E-state index contributed by atoms with van der Waals surface area (Å²) in [5, 5.41) is 29.5. The second kappa shape index (κ2) is 12.2. The molecule has 1 fully saturated rings. The summed E-state index contributed by atoms with van der Waals surface area (Å²) in [6, 6.07) is 13.0. The number of hydrogen-bond donors (Lipinski definition) is 3. The molecule has 1 heterocycles. The number of hydrogen-bond acceptors (Lipinski definition) is 4. The first-order chi connectivity index (χ1) is 17.8. The number of unbranched alkanes of at least 4 members (excludes halogenated alkanes) is 6. The number of aromatic hydroxyl groups is 2. The van der Waals surface area contributed by atoms with Crippen molar-refractivity contribution >= 4 is 5.97 Å². The van der Waals surface area contributed by atoms with E-state index >= 15 is 0 Å². The fourth-order valence-electron chi connectivity index (χ4n) is 6.70. The predicted molar refractivity (Wildman–Crippen MR) is 147 cm³/mol. The number of carboxylic acids is 1. The quantitative estimate of drug-likeness (QED) is 0.252. The number of aliphatic carboxylic acids is 1. The highest BCUT2D eigenvalue weighted by molar-refractivity contribution is 5.74. The molecule has 5 heteroatoms. The lowest BCUT2D eigenvalue weighted by molar-refractivity contribution is -0.151. The molecule has 0 amide bonds. The Balaban J connectivity index is 1.26. The van der Waals surface area contributed by atoms with Crippen LogP contribution in [0, 0.1) is 5.41 Å². The third-order valence-electron chi connectivity index (χ3n) is 9.11. The Bertz CT molecular complexity index is 1020. The van der Waals surface area contributed by atoms with Crippen molar-refractivity contribution in [1.82, 2.24) is 0 Å². The maximum atomic E-state index is 11.9. The zero-order chi connectivity index (χ0) is 26.3. The van der Waals surface area contributed by atoms with Crippen LogP contribution in [0.3, 0.4) is 0 Å². The van der Waals surface area contributed by atoms with Gasteiger partial charge in [-0.05, 0) is 55.0 Å². The minimum atomic E-state index is -0.573. The van der Waals surface area contributed by atoms with Gasteiger partial charge in [0, 0.05) is 17.4 Å². The molecule has 5 nitrogen and oxygen atoms in total. The number of ether oxygens (including phenoxy) is 1. The molecule has 1 aliphatic heterocycles. The van der Waals surface area contributed by atoms with Crippen LogP contribution in [-0.4, -0.2) is 27.9 Å².